The second-order valence-corrected chi connectivity index (χ2v) is 7.72. The first-order valence-corrected chi connectivity index (χ1v) is 10.0. The Morgan fingerprint density at radius 1 is 1.11 bits per heavy atom. The normalized spacial score (nSPS) is 15.5. The number of benzene rings is 1. The van der Waals surface area contributed by atoms with Crippen molar-refractivity contribution in [1.29, 1.82) is 0 Å². The predicted molar refractivity (Wildman–Crippen MR) is 110 cm³/mol. The lowest BCUT2D eigenvalue weighted by molar-refractivity contribution is -0.127. The Hall–Kier alpha value is -2.57. The van der Waals surface area contributed by atoms with Gasteiger partial charge in [0.25, 0.3) is 5.91 Å². The van der Waals surface area contributed by atoms with Crippen LogP contribution in [0.5, 0.6) is 0 Å². The molecular formula is C21H32N4O3. The van der Waals surface area contributed by atoms with Gasteiger partial charge in [-0.25, -0.2) is 0 Å². The molecule has 2 rings (SSSR count). The van der Waals surface area contributed by atoms with Crippen LogP contribution in [0.15, 0.2) is 24.3 Å². The van der Waals surface area contributed by atoms with E-state index in [-0.39, 0.29) is 18.4 Å². The van der Waals surface area contributed by atoms with Crippen molar-refractivity contribution in [3.05, 3.63) is 29.8 Å². The standard InChI is InChI=1S/C21H32N4O3/c1-25(2)21(28)16-9-11-17(12-10-16)23-14-18(20(22)27)24-19(26)13-8-15-6-4-3-5-7-15/h9-12,15,18,23H,3-8,13-14H2,1-2H3,(H2,22,27)(H,24,26)/t18-/m0/s1. The fourth-order valence-corrected chi connectivity index (χ4v) is 3.51. The second-order valence-electron chi connectivity index (χ2n) is 7.72. The molecule has 0 aliphatic heterocycles. The molecular weight excluding hydrogens is 356 g/mol. The van der Waals surface area contributed by atoms with Crippen LogP contribution in [0.1, 0.15) is 55.3 Å². The summed E-state index contributed by atoms with van der Waals surface area (Å²) in [6.45, 7) is 0.200. The van der Waals surface area contributed by atoms with Crippen molar-refractivity contribution in [1.82, 2.24) is 10.2 Å². The number of primary amides is 1. The fraction of sp³-hybridized carbons (Fsp3) is 0.571. The average molecular weight is 389 g/mol. The van der Waals surface area contributed by atoms with Crippen LogP contribution in [0.2, 0.25) is 0 Å². The van der Waals surface area contributed by atoms with Crippen molar-refractivity contribution in [2.45, 2.75) is 51.0 Å². The maximum atomic E-state index is 12.2. The molecule has 0 aromatic heterocycles. The summed E-state index contributed by atoms with van der Waals surface area (Å²) in [6.07, 6.45) is 7.48. The lowest BCUT2D eigenvalue weighted by Gasteiger charge is -2.22. The molecule has 1 aliphatic rings. The molecule has 0 bridgehead atoms. The quantitative estimate of drug-likeness (QED) is 0.603. The number of nitrogens with one attached hydrogen (secondary N) is 2. The number of amides is 3. The van der Waals surface area contributed by atoms with Gasteiger partial charge in [-0.05, 0) is 36.6 Å². The molecule has 0 radical (unpaired) electrons. The molecule has 1 aromatic carbocycles. The summed E-state index contributed by atoms with van der Waals surface area (Å²) in [5.74, 6) is -0.166. The van der Waals surface area contributed by atoms with Crippen molar-refractivity contribution in [3.8, 4) is 0 Å². The lowest BCUT2D eigenvalue weighted by Crippen LogP contribution is -2.48. The summed E-state index contributed by atoms with van der Waals surface area (Å²) >= 11 is 0. The predicted octanol–water partition coefficient (Wildman–Crippen LogP) is 2.13. The molecule has 0 unspecified atom stereocenters. The molecule has 1 aliphatic carbocycles. The Kier molecular flexibility index (Phi) is 8.29. The molecule has 1 fully saturated rings. The number of hydrogen-bond acceptors (Lipinski definition) is 4. The highest BCUT2D eigenvalue weighted by atomic mass is 16.2. The zero-order chi connectivity index (χ0) is 20.5. The summed E-state index contributed by atoms with van der Waals surface area (Å²) in [5.41, 5.74) is 6.77. The highest BCUT2D eigenvalue weighted by Crippen LogP contribution is 2.27. The number of nitrogens with two attached hydrogens (primary N) is 1. The van der Waals surface area contributed by atoms with E-state index in [1.54, 1.807) is 38.4 Å². The van der Waals surface area contributed by atoms with E-state index in [1.807, 2.05) is 0 Å². The topological polar surface area (TPSA) is 105 Å². The number of anilines is 1. The third kappa shape index (κ3) is 6.87. The molecule has 0 saturated heterocycles. The average Bonchev–Trinajstić information content (AvgIpc) is 2.70. The molecule has 4 N–H and O–H groups in total. The molecule has 1 aromatic rings. The van der Waals surface area contributed by atoms with E-state index in [0.29, 0.717) is 17.9 Å². The van der Waals surface area contributed by atoms with Gasteiger partial charge in [-0.1, -0.05) is 32.1 Å². The van der Waals surface area contributed by atoms with Gasteiger partial charge in [0.2, 0.25) is 11.8 Å². The minimum absolute atomic E-state index is 0.0770. The molecule has 154 valence electrons. The SMILES string of the molecule is CN(C)C(=O)c1ccc(NC[C@H](NC(=O)CCC2CCCCC2)C(N)=O)cc1. The molecule has 3 amide bonds. The van der Waals surface area contributed by atoms with Crippen molar-refractivity contribution < 1.29 is 14.4 Å². The summed E-state index contributed by atoms with van der Waals surface area (Å²) in [7, 11) is 3.39. The molecule has 7 nitrogen and oxygen atoms in total. The number of rotatable bonds is 9. The summed E-state index contributed by atoms with van der Waals surface area (Å²) in [5, 5.41) is 5.83. The van der Waals surface area contributed by atoms with Crippen LogP contribution in [-0.2, 0) is 9.59 Å². The van der Waals surface area contributed by atoms with Gasteiger partial charge in [0.05, 0.1) is 0 Å². The maximum Gasteiger partial charge on any atom is 0.253 e. The van der Waals surface area contributed by atoms with Crippen LogP contribution < -0.4 is 16.4 Å². The van der Waals surface area contributed by atoms with Crippen LogP contribution >= 0.6 is 0 Å². The van der Waals surface area contributed by atoms with Crippen molar-refractivity contribution in [2.24, 2.45) is 11.7 Å². The fourth-order valence-electron chi connectivity index (χ4n) is 3.51. The Balaban J connectivity index is 1.81. The van der Waals surface area contributed by atoms with Crippen molar-refractivity contribution in [2.75, 3.05) is 26.0 Å². The van der Waals surface area contributed by atoms with E-state index in [1.165, 1.54) is 37.0 Å². The Morgan fingerprint density at radius 3 is 2.32 bits per heavy atom. The maximum absolute atomic E-state index is 12.2. The summed E-state index contributed by atoms with van der Waals surface area (Å²) in [6, 6.07) is 6.18. The summed E-state index contributed by atoms with van der Waals surface area (Å²) in [4.78, 5) is 37.3. The van der Waals surface area contributed by atoms with Gasteiger partial charge >= 0.3 is 0 Å². The monoisotopic (exact) mass is 388 g/mol. The third-order valence-corrected chi connectivity index (χ3v) is 5.23. The first kappa shape index (κ1) is 21.7. The van der Waals surface area contributed by atoms with Gasteiger partial charge in [0.1, 0.15) is 6.04 Å². The third-order valence-electron chi connectivity index (χ3n) is 5.23. The van der Waals surface area contributed by atoms with Gasteiger partial charge in [0.15, 0.2) is 0 Å². The molecule has 28 heavy (non-hydrogen) atoms. The van der Waals surface area contributed by atoms with E-state index < -0.39 is 11.9 Å². The Bertz CT molecular complexity index is 667. The highest BCUT2D eigenvalue weighted by Gasteiger charge is 2.20. The molecule has 1 saturated carbocycles. The minimum atomic E-state index is -0.776. The zero-order valence-corrected chi connectivity index (χ0v) is 16.9. The van der Waals surface area contributed by atoms with Gasteiger partial charge in [0, 0.05) is 38.3 Å². The van der Waals surface area contributed by atoms with E-state index in [4.69, 9.17) is 5.73 Å². The van der Waals surface area contributed by atoms with Gasteiger partial charge in [-0.15, -0.1) is 0 Å². The van der Waals surface area contributed by atoms with Crippen molar-refractivity contribution >= 4 is 23.4 Å². The number of carbonyl (C=O) groups excluding carboxylic acids is 3. The van der Waals surface area contributed by atoms with Gasteiger partial charge in [-0.2, -0.15) is 0 Å². The number of hydrogen-bond donors (Lipinski definition) is 3. The van der Waals surface area contributed by atoms with E-state index in [0.717, 1.165) is 12.1 Å². The van der Waals surface area contributed by atoms with Crippen molar-refractivity contribution in [3.63, 3.8) is 0 Å². The van der Waals surface area contributed by atoms with Crippen LogP contribution in [0.3, 0.4) is 0 Å². The van der Waals surface area contributed by atoms with Crippen LogP contribution in [-0.4, -0.2) is 49.3 Å². The second kappa shape index (κ2) is 10.7. The molecule has 7 heteroatoms. The first-order valence-electron chi connectivity index (χ1n) is 10.0. The van der Waals surface area contributed by atoms with Crippen LogP contribution in [0, 0.1) is 5.92 Å². The van der Waals surface area contributed by atoms with Gasteiger partial charge < -0.3 is 21.3 Å². The van der Waals surface area contributed by atoms with E-state index >= 15 is 0 Å². The first-order chi connectivity index (χ1) is 13.4. The largest absolute Gasteiger partial charge is 0.382 e. The number of nitrogens with zero attached hydrogens (tertiary/aromatic N) is 1. The number of carbonyl (C=O) groups is 3. The summed E-state index contributed by atoms with van der Waals surface area (Å²) < 4.78 is 0. The smallest absolute Gasteiger partial charge is 0.253 e. The molecule has 1 atom stereocenters. The van der Waals surface area contributed by atoms with Crippen LogP contribution in [0.4, 0.5) is 5.69 Å². The van der Waals surface area contributed by atoms with Gasteiger partial charge in [-0.3, -0.25) is 14.4 Å². The lowest BCUT2D eigenvalue weighted by atomic mass is 9.86. The highest BCUT2D eigenvalue weighted by molar-refractivity contribution is 5.94. The van der Waals surface area contributed by atoms with Crippen LogP contribution in [0.25, 0.3) is 0 Å². The van der Waals surface area contributed by atoms with E-state index in [9.17, 15) is 14.4 Å². The zero-order valence-electron chi connectivity index (χ0n) is 16.9. The van der Waals surface area contributed by atoms with E-state index in [2.05, 4.69) is 10.6 Å². The minimum Gasteiger partial charge on any atom is -0.382 e. The Labute approximate surface area is 167 Å². The molecule has 0 heterocycles. The molecule has 0 spiro atoms. The Morgan fingerprint density at radius 2 is 1.75 bits per heavy atom.